The van der Waals surface area contributed by atoms with Gasteiger partial charge < -0.3 is 0 Å². The van der Waals surface area contributed by atoms with E-state index >= 15 is 0 Å². The van der Waals surface area contributed by atoms with Crippen LogP contribution in [-0.4, -0.2) is 13.2 Å². The molecule has 1 N–H and O–H groups in total. The summed E-state index contributed by atoms with van der Waals surface area (Å²) in [6, 6.07) is 0. The lowest BCUT2D eigenvalue weighted by atomic mass is 10.7. The van der Waals surface area contributed by atoms with E-state index in [4.69, 9.17) is 28.0 Å². The van der Waals surface area contributed by atoms with E-state index < -0.39 is 0 Å². The molecule has 0 fully saturated rings. The van der Waals surface area contributed by atoms with Crippen LogP contribution in [0.15, 0.2) is 23.2 Å². The van der Waals surface area contributed by atoms with Crippen LogP contribution >= 0.6 is 23.2 Å². The first-order valence-electron chi connectivity index (χ1n) is 2.74. The van der Waals surface area contributed by atoms with Gasteiger partial charge in [0.25, 0.3) is 0 Å². The maximum atomic E-state index is 5.29. The van der Waals surface area contributed by atoms with E-state index in [9.17, 15) is 0 Å². The van der Waals surface area contributed by atoms with Gasteiger partial charge in [-0.2, -0.15) is 5.48 Å². The van der Waals surface area contributed by atoms with E-state index in [1.54, 1.807) is 12.2 Å². The first-order valence-corrected chi connectivity index (χ1v) is 3.49. The van der Waals surface area contributed by atoms with Crippen LogP contribution in [0.2, 0.25) is 0 Å². The van der Waals surface area contributed by atoms with Gasteiger partial charge in [0.2, 0.25) is 0 Å². The molecule has 0 heterocycles. The van der Waals surface area contributed by atoms with Crippen molar-refractivity contribution in [3.05, 3.63) is 23.2 Å². The van der Waals surface area contributed by atoms with E-state index in [2.05, 4.69) is 12.1 Å². The summed E-state index contributed by atoms with van der Waals surface area (Å²) in [4.78, 5) is 4.82. The zero-order chi connectivity index (χ0) is 7.82. The van der Waals surface area contributed by atoms with E-state index in [0.717, 1.165) is 0 Å². The van der Waals surface area contributed by atoms with E-state index in [1.165, 1.54) is 0 Å². The lowest BCUT2D eigenvalue weighted by Crippen LogP contribution is -2.13. The maximum absolute atomic E-state index is 5.29. The van der Waals surface area contributed by atoms with Gasteiger partial charge in [0.05, 0.1) is 6.61 Å². The molecule has 58 valence electrons. The van der Waals surface area contributed by atoms with Crippen LogP contribution < -0.4 is 5.48 Å². The molecule has 0 saturated carbocycles. The van der Waals surface area contributed by atoms with Gasteiger partial charge in [-0.15, -0.1) is 6.58 Å². The highest BCUT2D eigenvalue weighted by Gasteiger charge is 1.82. The average molecular weight is 182 g/mol. The molecule has 10 heavy (non-hydrogen) atoms. The van der Waals surface area contributed by atoms with E-state index in [1.807, 2.05) is 0 Å². The van der Waals surface area contributed by atoms with Gasteiger partial charge in [-0.3, -0.25) is 4.84 Å². The van der Waals surface area contributed by atoms with Gasteiger partial charge >= 0.3 is 0 Å². The summed E-state index contributed by atoms with van der Waals surface area (Å²) in [6.07, 6.45) is 3.23. The number of hydrogen-bond acceptors (Lipinski definition) is 2. The van der Waals surface area contributed by atoms with Gasteiger partial charge in [0, 0.05) is 6.54 Å². The molecule has 0 bridgehead atoms. The SMILES string of the molecule is C=CCNOCC=C(Cl)Cl. The summed E-state index contributed by atoms with van der Waals surface area (Å²) in [5, 5.41) is 0. The molecule has 0 aliphatic heterocycles. The Hall–Kier alpha value is -0.0200. The minimum atomic E-state index is 0.209. The van der Waals surface area contributed by atoms with Crippen molar-refractivity contribution in [1.29, 1.82) is 0 Å². The number of hydroxylamine groups is 1. The fourth-order valence-corrected chi connectivity index (χ4v) is 0.407. The molecule has 0 spiro atoms. The summed E-state index contributed by atoms with van der Waals surface area (Å²) in [5.41, 5.74) is 2.61. The molecule has 0 rings (SSSR count). The molecule has 0 aliphatic carbocycles. The minimum Gasteiger partial charge on any atom is -0.297 e. The Labute approximate surface area is 70.4 Å². The normalized spacial score (nSPS) is 9.00. The standard InChI is InChI=1S/C6H9Cl2NO/c1-2-4-9-10-5-3-6(7)8/h2-3,9H,1,4-5H2. The van der Waals surface area contributed by atoms with Crippen LogP contribution in [0.25, 0.3) is 0 Å². The molecule has 0 aromatic heterocycles. The van der Waals surface area contributed by atoms with Crippen molar-refractivity contribution in [1.82, 2.24) is 5.48 Å². The number of nitrogens with one attached hydrogen (secondary N) is 1. The second-order valence-corrected chi connectivity index (χ2v) is 2.45. The Balaban J connectivity index is 3.05. The zero-order valence-corrected chi connectivity index (χ0v) is 6.95. The lowest BCUT2D eigenvalue weighted by Gasteiger charge is -1.97. The molecule has 2 nitrogen and oxygen atoms in total. The molecule has 0 aromatic rings. The van der Waals surface area contributed by atoms with Crippen LogP contribution in [0.1, 0.15) is 0 Å². The first kappa shape index (κ1) is 9.98. The molecule has 0 atom stereocenters. The smallest absolute Gasteiger partial charge is 0.105 e. The number of halogens is 2. The summed E-state index contributed by atoms with van der Waals surface area (Å²) in [6.45, 7) is 4.45. The Morgan fingerprint density at radius 3 is 2.80 bits per heavy atom. The van der Waals surface area contributed by atoms with Crippen molar-refractivity contribution in [2.75, 3.05) is 13.2 Å². The molecule has 0 aliphatic rings. The van der Waals surface area contributed by atoms with E-state index in [0.29, 0.717) is 13.2 Å². The largest absolute Gasteiger partial charge is 0.297 e. The molecular weight excluding hydrogens is 173 g/mol. The maximum Gasteiger partial charge on any atom is 0.105 e. The van der Waals surface area contributed by atoms with Crippen molar-refractivity contribution in [3.8, 4) is 0 Å². The summed E-state index contributed by atoms with van der Waals surface area (Å²) in [7, 11) is 0. The van der Waals surface area contributed by atoms with Crippen LogP contribution in [-0.2, 0) is 4.84 Å². The lowest BCUT2D eigenvalue weighted by molar-refractivity contribution is 0.0708. The van der Waals surface area contributed by atoms with Crippen molar-refractivity contribution >= 4 is 23.2 Å². The highest BCUT2D eigenvalue weighted by atomic mass is 35.5. The average Bonchev–Trinajstić information content (AvgIpc) is 1.87. The third kappa shape index (κ3) is 7.98. The fourth-order valence-electron chi connectivity index (χ4n) is 0.281. The Morgan fingerprint density at radius 1 is 1.60 bits per heavy atom. The van der Waals surface area contributed by atoms with Gasteiger partial charge in [0.15, 0.2) is 0 Å². The molecule has 0 unspecified atom stereocenters. The highest BCUT2D eigenvalue weighted by Crippen LogP contribution is 2.04. The molecule has 0 radical (unpaired) electrons. The van der Waals surface area contributed by atoms with Crippen LogP contribution in [0.3, 0.4) is 0 Å². The molecular formula is C6H9Cl2NO. The zero-order valence-electron chi connectivity index (χ0n) is 5.44. The second-order valence-electron chi connectivity index (χ2n) is 1.44. The van der Waals surface area contributed by atoms with E-state index in [-0.39, 0.29) is 4.49 Å². The summed E-state index contributed by atoms with van der Waals surface area (Å²) in [5.74, 6) is 0. The Bertz CT molecular complexity index is 121. The Kier molecular flexibility index (Phi) is 7.08. The topological polar surface area (TPSA) is 21.3 Å². The van der Waals surface area contributed by atoms with Crippen molar-refractivity contribution in [3.63, 3.8) is 0 Å². The van der Waals surface area contributed by atoms with Crippen molar-refractivity contribution in [2.24, 2.45) is 0 Å². The van der Waals surface area contributed by atoms with Gasteiger partial charge in [-0.05, 0) is 6.08 Å². The third-order valence-electron chi connectivity index (χ3n) is 0.651. The van der Waals surface area contributed by atoms with Gasteiger partial charge in [-0.1, -0.05) is 29.3 Å². The Morgan fingerprint density at radius 2 is 2.30 bits per heavy atom. The van der Waals surface area contributed by atoms with Gasteiger partial charge in [0.1, 0.15) is 4.49 Å². The van der Waals surface area contributed by atoms with Crippen molar-refractivity contribution < 1.29 is 4.84 Å². The highest BCUT2D eigenvalue weighted by molar-refractivity contribution is 6.55. The van der Waals surface area contributed by atoms with Gasteiger partial charge in [-0.25, -0.2) is 0 Å². The third-order valence-corrected chi connectivity index (χ3v) is 0.959. The monoisotopic (exact) mass is 181 g/mol. The number of hydrogen-bond donors (Lipinski definition) is 1. The quantitative estimate of drug-likeness (QED) is 0.399. The fraction of sp³-hybridized carbons (Fsp3) is 0.333. The van der Waals surface area contributed by atoms with Crippen LogP contribution in [0.4, 0.5) is 0 Å². The first-order chi connectivity index (χ1) is 4.77. The van der Waals surface area contributed by atoms with Crippen molar-refractivity contribution in [2.45, 2.75) is 0 Å². The second kappa shape index (κ2) is 7.09. The molecule has 0 saturated heterocycles. The number of rotatable bonds is 5. The predicted molar refractivity (Wildman–Crippen MR) is 43.9 cm³/mol. The van der Waals surface area contributed by atoms with Crippen LogP contribution in [0, 0.1) is 0 Å². The molecule has 4 heteroatoms. The predicted octanol–water partition coefficient (Wildman–Crippen LogP) is 2.01. The molecule has 0 amide bonds. The summed E-state index contributed by atoms with van der Waals surface area (Å²) < 4.78 is 0.209. The van der Waals surface area contributed by atoms with Crippen LogP contribution in [0.5, 0.6) is 0 Å². The minimum absolute atomic E-state index is 0.209. The molecule has 0 aromatic carbocycles. The summed E-state index contributed by atoms with van der Waals surface area (Å²) >= 11 is 10.6.